The fraction of sp³-hybridized carbons (Fsp3) is 0.500. The van der Waals surface area contributed by atoms with E-state index in [1.807, 2.05) is 24.3 Å². The molecular formula is C14H18O3. The Bertz CT molecular complexity index is 383. The molecule has 3 heteroatoms. The van der Waals surface area contributed by atoms with Crippen LogP contribution in [-0.2, 0) is 4.79 Å². The summed E-state index contributed by atoms with van der Waals surface area (Å²) in [5.74, 6) is 0.729. The molecule has 1 aromatic rings. The topological polar surface area (TPSA) is 46.5 Å². The Labute approximate surface area is 101 Å². The van der Waals surface area contributed by atoms with E-state index in [0.717, 1.165) is 30.6 Å². The van der Waals surface area contributed by atoms with Crippen molar-refractivity contribution in [3.63, 3.8) is 0 Å². The number of rotatable bonds is 3. The number of ether oxygens (including phenoxy) is 1. The van der Waals surface area contributed by atoms with Crippen LogP contribution in [-0.4, -0.2) is 18.0 Å². The summed E-state index contributed by atoms with van der Waals surface area (Å²) in [4.78, 5) is 11.7. The van der Waals surface area contributed by atoms with E-state index in [4.69, 9.17) is 4.74 Å². The lowest BCUT2D eigenvalue weighted by Crippen LogP contribution is -2.25. The van der Waals surface area contributed by atoms with Gasteiger partial charge in [-0.15, -0.1) is 0 Å². The molecule has 0 unspecified atom stereocenters. The Morgan fingerprint density at radius 1 is 1.29 bits per heavy atom. The van der Waals surface area contributed by atoms with Crippen LogP contribution in [0.25, 0.3) is 0 Å². The van der Waals surface area contributed by atoms with Crippen molar-refractivity contribution in [3.05, 3.63) is 29.8 Å². The minimum Gasteiger partial charge on any atom is -0.497 e. The molecular weight excluding hydrogens is 216 g/mol. The van der Waals surface area contributed by atoms with Gasteiger partial charge in [-0.25, -0.2) is 0 Å². The molecule has 1 aliphatic carbocycles. The van der Waals surface area contributed by atoms with E-state index in [9.17, 15) is 9.90 Å². The SMILES string of the molecule is COc1ccc([C@H](O)[C@H]2CCCCC2=O)cc1. The van der Waals surface area contributed by atoms with Gasteiger partial charge in [-0.2, -0.15) is 0 Å². The second-order valence-electron chi connectivity index (χ2n) is 4.54. The summed E-state index contributed by atoms with van der Waals surface area (Å²) in [7, 11) is 1.61. The second-order valence-corrected chi connectivity index (χ2v) is 4.54. The molecule has 0 amide bonds. The summed E-state index contributed by atoms with van der Waals surface area (Å²) >= 11 is 0. The highest BCUT2D eigenvalue weighted by Crippen LogP contribution is 2.32. The summed E-state index contributed by atoms with van der Waals surface area (Å²) in [6.45, 7) is 0. The van der Waals surface area contributed by atoms with Gasteiger partial charge in [0.05, 0.1) is 13.2 Å². The Kier molecular flexibility index (Phi) is 3.79. The predicted octanol–water partition coefficient (Wildman–Crippen LogP) is 2.49. The number of aliphatic hydroxyl groups excluding tert-OH is 1. The Hall–Kier alpha value is -1.35. The first-order valence-corrected chi connectivity index (χ1v) is 6.07. The number of carbonyl (C=O) groups excluding carboxylic acids is 1. The molecule has 0 saturated heterocycles. The van der Waals surface area contributed by atoms with Crippen molar-refractivity contribution in [1.82, 2.24) is 0 Å². The smallest absolute Gasteiger partial charge is 0.138 e. The third-order valence-corrected chi connectivity index (χ3v) is 3.44. The fourth-order valence-corrected chi connectivity index (χ4v) is 2.38. The van der Waals surface area contributed by atoms with Gasteiger partial charge >= 0.3 is 0 Å². The van der Waals surface area contributed by atoms with Crippen LogP contribution >= 0.6 is 0 Å². The average Bonchev–Trinajstić information content (AvgIpc) is 2.39. The number of benzene rings is 1. The summed E-state index contributed by atoms with van der Waals surface area (Å²) < 4.78 is 5.07. The Morgan fingerprint density at radius 3 is 2.59 bits per heavy atom. The van der Waals surface area contributed by atoms with Crippen LogP contribution in [0.1, 0.15) is 37.4 Å². The number of methoxy groups -OCH3 is 1. The number of carbonyl (C=O) groups is 1. The van der Waals surface area contributed by atoms with Crippen LogP contribution in [0.3, 0.4) is 0 Å². The van der Waals surface area contributed by atoms with Gasteiger partial charge in [0, 0.05) is 12.3 Å². The van der Waals surface area contributed by atoms with Gasteiger partial charge in [-0.3, -0.25) is 4.79 Å². The van der Waals surface area contributed by atoms with E-state index in [0.29, 0.717) is 6.42 Å². The summed E-state index contributed by atoms with van der Waals surface area (Å²) in [6, 6.07) is 7.27. The molecule has 2 rings (SSSR count). The van der Waals surface area contributed by atoms with Gasteiger partial charge in [0.25, 0.3) is 0 Å². The van der Waals surface area contributed by atoms with Crippen molar-refractivity contribution in [2.45, 2.75) is 31.8 Å². The zero-order chi connectivity index (χ0) is 12.3. The van der Waals surface area contributed by atoms with E-state index < -0.39 is 6.10 Å². The van der Waals surface area contributed by atoms with Crippen molar-refractivity contribution in [2.75, 3.05) is 7.11 Å². The maximum atomic E-state index is 11.7. The molecule has 0 radical (unpaired) electrons. The first-order chi connectivity index (χ1) is 8.22. The summed E-state index contributed by atoms with van der Waals surface area (Å²) in [5, 5.41) is 10.2. The molecule has 0 aromatic heterocycles. The quantitative estimate of drug-likeness (QED) is 0.874. The van der Waals surface area contributed by atoms with Gasteiger partial charge in [0.2, 0.25) is 0 Å². The molecule has 0 spiro atoms. The van der Waals surface area contributed by atoms with Crippen LogP contribution in [0.2, 0.25) is 0 Å². The van der Waals surface area contributed by atoms with Crippen LogP contribution in [0.4, 0.5) is 0 Å². The van der Waals surface area contributed by atoms with E-state index in [1.165, 1.54) is 0 Å². The monoisotopic (exact) mass is 234 g/mol. The number of ketones is 1. The number of hydrogen-bond donors (Lipinski definition) is 1. The fourth-order valence-electron chi connectivity index (χ4n) is 2.38. The molecule has 17 heavy (non-hydrogen) atoms. The van der Waals surface area contributed by atoms with Crippen molar-refractivity contribution < 1.29 is 14.6 Å². The lowest BCUT2D eigenvalue weighted by molar-refractivity contribution is -0.128. The molecule has 1 fully saturated rings. The number of Topliss-reactive ketones (excluding diaryl/α,β-unsaturated/α-hetero) is 1. The third-order valence-electron chi connectivity index (χ3n) is 3.44. The van der Waals surface area contributed by atoms with Crippen molar-refractivity contribution >= 4 is 5.78 Å². The van der Waals surface area contributed by atoms with Crippen molar-refractivity contribution in [2.24, 2.45) is 5.92 Å². The maximum absolute atomic E-state index is 11.7. The largest absolute Gasteiger partial charge is 0.497 e. The molecule has 1 aliphatic rings. The lowest BCUT2D eigenvalue weighted by atomic mass is 9.82. The van der Waals surface area contributed by atoms with Crippen LogP contribution < -0.4 is 4.74 Å². The highest BCUT2D eigenvalue weighted by atomic mass is 16.5. The number of hydrogen-bond acceptors (Lipinski definition) is 3. The van der Waals surface area contributed by atoms with Gasteiger partial charge in [-0.1, -0.05) is 18.6 Å². The van der Waals surface area contributed by atoms with E-state index in [1.54, 1.807) is 7.11 Å². The first kappa shape index (κ1) is 12.1. The second kappa shape index (κ2) is 5.32. The van der Waals surface area contributed by atoms with E-state index in [-0.39, 0.29) is 11.7 Å². The lowest BCUT2D eigenvalue weighted by Gasteiger charge is -2.25. The standard InChI is InChI=1S/C14H18O3/c1-17-11-8-6-10(7-9-11)14(16)12-4-2-3-5-13(12)15/h6-9,12,14,16H,2-5H2,1H3/t12-,14-/m0/s1. The van der Waals surface area contributed by atoms with Gasteiger partial charge < -0.3 is 9.84 Å². The first-order valence-electron chi connectivity index (χ1n) is 6.07. The van der Waals surface area contributed by atoms with E-state index in [2.05, 4.69) is 0 Å². The molecule has 92 valence electrons. The average molecular weight is 234 g/mol. The van der Waals surface area contributed by atoms with Gasteiger partial charge in [0.1, 0.15) is 11.5 Å². The molecule has 3 nitrogen and oxygen atoms in total. The highest BCUT2D eigenvalue weighted by molar-refractivity contribution is 5.82. The predicted molar refractivity (Wildman–Crippen MR) is 64.9 cm³/mol. The zero-order valence-corrected chi connectivity index (χ0v) is 10.1. The molecule has 1 aromatic carbocycles. The van der Waals surface area contributed by atoms with Crippen molar-refractivity contribution in [1.29, 1.82) is 0 Å². The van der Waals surface area contributed by atoms with E-state index >= 15 is 0 Å². The molecule has 2 atom stereocenters. The maximum Gasteiger partial charge on any atom is 0.138 e. The molecule has 0 heterocycles. The highest BCUT2D eigenvalue weighted by Gasteiger charge is 2.29. The van der Waals surface area contributed by atoms with Crippen LogP contribution in [0, 0.1) is 5.92 Å². The van der Waals surface area contributed by atoms with Gasteiger partial charge in [0.15, 0.2) is 0 Å². The Balaban J connectivity index is 2.12. The molecule has 0 bridgehead atoms. The minimum absolute atomic E-state index is 0.194. The van der Waals surface area contributed by atoms with Crippen LogP contribution in [0.15, 0.2) is 24.3 Å². The minimum atomic E-state index is -0.672. The molecule has 0 aliphatic heterocycles. The molecule has 1 saturated carbocycles. The Morgan fingerprint density at radius 2 is 2.00 bits per heavy atom. The third kappa shape index (κ3) is 2.67. The number of aliphatic hydroxyl groups is 1. The van der Waals surface area contributed by atoms with Gasteiger partial charge in [-0.05, 0) is 30.5 Å². The van der Waals surface area contributed by atoms with Crippen LogP contribution in [0.5, 0.6) is 5.75 Å². The van der Waals surface area contributed by atoms with Crippen molar-refractivity contribution in [3.8, 4) is 5.75 Å². The normalized spacial score (nSPS) is 22.2. The summed E-state index contributed by atoms with van der Waals surface area (Å²) in [6.07, 6.45) is 2.73. The summed E-state index contributed by atoms with van der Waals surface area (Å²) in [5.41, 5.74) is 0.797. The zero-order valence-electron chi connectivity index (χ0n) is 10.1. The molecule has 1 N–H and O–H groups in total.